The fourth-order valence-electron chi connectivity index (χ4n) is 4.54. The van der Waals surface area contributed by atoms with Gasteiger partial charge in [-0.2, -0.15) is 0 Å². The molecule has 4 rings (SSSR count). The van der Waals surface area contributed by atoms with Gasteiger partial charge in [-0.05, 0) is 71.4 Å². The number of hydrogen-bond donors (Lipinski definition) is 0. The first-order chi connectivity index (χ1) is 14.8. The Morgan fingerprint density at radius 1 is 1.19 bits per heavy atom. The summed E-state index contributed by atoms with van der Waals surface area (Å²) < 4.78 is 19.7. The third-order valence-electron chi connectivity index (χ3n) is 6.19. The van der Waals surface area contributed by atoms with Gasteiger partial charge in [0.1, 0.15) is 0 Å². The second-order valence-corrected chi connectivity index (χ2v) is 11.1. The molecule has 0 amide bonds. The average Bonchev–Trinajstić information content (AvgIpc) is 3.06. The van der Waals surface area contributed by atoms with Crippen LogP contribution >= 0.6 is 0 Å². The van der Waals surface area contributed by atoms with Crippen molar-refractivity contribution in [2.75, 3.05) is 6.26 Å². The highest BCUT2D eigenvalue weighted by molar-refractivity contribution is 7.99. The van der Waals surface area contributed by atoms with Gasteiger partial charge in [0.25, 0.3) is 0 Å². The number of hydrogen-bond acceptors (Lipinski definition) is 3. The van der Waals surface area contributed by atoms with E-state index in [1.165, 1.54) is 32.1 Å². The Kier molecular flexibility index (Phi) is 5.85. The van der Waals surface area contributed by atoms with Crippen molar-refractivity contribution < 1.29 is 8.63 Å². The van der Waals surface area contributed by atoms with Crippen LogP contribution in [0.15, 0.2) is 50.5 Å². The minimum absolute atomic E-state index is 0.249. The molecule has 2 aromatic carbocycles. The molecule has 1 fully saturated rings. The van der Waals surface area contributed by atoms with E-state index < -0.39 is 15.3 Å². The minimum Gasteiger partial charge on any atom is -0.408 e. The number of aryl methyl sites for hydroxylation is 1. The van der Waals surface area contributed by atoms with Gasteiger partial charge in [0, 0.05) is 22.6 Å². The van der Waals surface area contributed by atoms with Crippen LogP contribution in [0.4, 0.5) is 0 Å². The number of aromatic nitrogens is 1. The Bertz CT molecular complexity index is 1340. The lowest BCUT2D eigenvalue weighted by Crippen LogP contribution is -2.20. The van der Waals surface area contributed by atoms with Gasteiger partial charge in [-0.25, -0.2) is 4.79 Å². The zero-order valence-corrected chi connectivity index (χ0v) is 19.3. The van der Waals surface area contributed by atoms with Crippen LogP contribution in [0.1, 0.15) is 61.8 Å². The van der Waals surface area contributed by atoms with Gasteiger partial charge in [0.2, 0.25) is 0 Å². The lowest BCUT2D eigenvalue weighted by atomic mass is 9.89. The molecule has 1 aromatic heterocycles. The van der Waals surface area contributed by atoms with Crippen LogP contribution in [-0.4, -0.2) is 20.9 Å². The Balaban J connectivity index is 1.78. The van der Waals surface area contributed by atoms with Crippen molar-refractivity contribution in [1.82, 2.24) is 4.57 Å². The van der Waals surface area contributed by atoms with E-state index in [9.17, 15) is 9.00 Å². The van der Waals surface area contributed by atoms with E-state index in [1.54, 1.807) is 16.9 Å². The second kappa shape index (κ2) is 8.43. The van der Waals surface area contributed by atoms with E-state index in [2.05, 4.69) is 17.7 Å². The Hall–Kier alpha value is -2.71. The number of fused-ring (bicyclic) bond motifs is 1. The van der Waals surface area contributed by atoms with Crippen LogP contribution in [0.25, 0.3) is 11.1 Å². The normalized spacial score (nSPS) is 17.6. The second-order valence-electron chi connectivity index (χ2n) is 8.70. The van der Waals surface area contributed by atoms with Crippen molar-refractivity contribution in [1.29, 1.82) is 0 Å². The summed E-state index contributed by atoms with van der Waals surface area (Å²) in [6.07, 6.45) is 7.76. The standard InChI is InChI=1S/C26H29NO3S/c1-18-16-23-24(17-25(18)31(3,4)29)30-26(28)27(23)19(2)22-13-9-8-12-21(22)15-14-20-10-6-5-7-11-20/h8-9,12-13,16-17,19-20H,3,5-7,10-11H2,1-2,4H3. The highest BCUT2D eigenvalue weighted by Gasteiger charge is 2.21. The summed E-state index contributed by atoms with van der Waals surface area (Å²) in [7, 11) is -2.42. The molecule has 4 nitrogen and oxygen atoms in total. The van der Waals surface area contributed by atoms with Gasteiger partial charge in [0.15, 0.2) is 5.58 Å². The zero-order chi connectivity index (χ0) is 22.2. The molecule has 0 saturated heterocycles. The topological polar surface area (TPSA) is 52.2 Å². The van der Waals surface area contributed by atoms with Crippen molar-refractivity contribution in [2.45, 2.75) is 56.9 Å². The zero-order valence-electron chi connectivity index (χ0n) is 18.4. The van der Waals surface area contributed by atoms with Crippen LogP contribution < -0.4 is 5.76 Å². The number of oxazole rings is 1. The summed E-state index contributed by atoms with van der Waals surface area (Å²) in [6.45, 7) is 3.88. The van der Waals surface area contributed by atoms with Gasteiger partial charge in [-0.1, -0.05) is 49.3 Å². The van der Waals surface area contributed by atoms with Crippen LogP contribution in [0.2, 0.25) is 0 Å². The van der Waals surface area contributed by atoms with Crippen molar-refractivity contribution in [3.63, 3.8) is 0 Å². The van der Waals surface area contributed by atoms with Gasteiger partial charge >= 0.3 is 5.76 Å². The largest absolute Gasteiger partial charge is 0.420 e. The molecule has 5 heteroatoms. The molecule has 3 aromatic rings. The molecule has 0 bridgehead atoms. The van der Waals surface area contributed by atoms with E-state index in [0.29, 0.717) is 21.9 Å². The van der Waals surface area contributed by atoms with Crippen LogP contribution in [0.3, 0.4) is 0 Å². The van der Waals surface area contributed by atoms with Crippen molar-refractivity contribution in [3.8, 4) is 11.8 Å². The molecule has 0 aliphatic heterocycles. The lowest BCUT2D eigenvalue weighted by molar-refractivity contribution is 0.430. The first-order valence-corrected chi connectivity index (χ1v) is 13.0. The first-order valence-electron chi connectivity index (χ1n) is 10.8. The van der Waals surface area contributed by atoms with Crippen molar-refractivity contribution in [2.24, 2.45) is 5.92 Å². The molecule has 0 spiro atoms. The Labute approximate surface area is 184 Å². The van der Waals surface area contributed by atoms with Crippen molar-refractivity contribution >= 4 is 26.5 Å². The summed E-state index contributed by atoms with van der Waals surface area (Å²) in [6, 6.07) is 11.3. The lowest BCUT2D eigenvalue weighted by Gasteiger charge is -2.17. The van der Waals surface area contributed by atoms with E-state index in [1.807, 2.05) is 44.2 Å². The van der Waals surface area contributed by atoms with E-state index >= 15 is 0 Å². The molecule has 0 N–H and O–H groups in total. The van der Waals surface area contributed by atoms with Crippen molar-refractivity contribution in [3.05, 3.63) is 63.6 Å². The molecule has 0 radical (unpaired) electrons. The third-order valence-corrected chi connectivity index (χ3v) is 7.56. The fourth-order valence-corrected chi connectivity index (χ4v) is 5.64. The van der Waals surface area contributed by atoms with Gasteiger partial charge in [-0.3, -0.25) is 8.78 Å². The van der Waals surface area contributed by atoms with Gasteiger partial charge in [0.05, 0.1) is 11.6 Å². The Morgan fingerprint density at radius 3 is 2.61 bits per heavy atom. The minimum atomic E-state index is -2.42. The van der Waals surface area contributed by atoms with E-state index in [4.69, 9.17) is 4.42 Å². The highest BCUT2D eigenvalue weighted by atomic mass is 32.2. The molecule has 162 valence electrons. The van der Waals surface area contributed by atoms with Gasteiger partial charge < -0.3 is 4.42 Å². The maximum atomic E-state index is 12.8. The predicted molar refractivity (Wildman–Crippen MR) is 128 cm³/mol. The molecule has 1 saturated carbocycles. The summed E-state index contributed by atoms with van der Waals surface area (Å²) in [5.41, 5.74) is 3.90. The molecule has 1 aliphatic rings. The molecule has 1 aliphatic carbocycles. The number of nitrogens with zero attached hydrogens (tertiary/aromatic N) is 1. The molecular weight excluding hydrogens is 406 g/mol. The summed E-state index contributed by atoms with van der Waals surface area (Å²) in [5.74, 6) is 10.7. The molecule has 2 unspecified atom stereocenters. The first kappa shape index (κ1) is 21.5. The van der Waals surface area contributed by atoms with E-state index in [0.717, 1.165) is 16.7 Å². The molecule has 31 heavy (non-hydrogen) atoms. The molecule has 1 heterocycles. The summed E-state index contributed by atoms with van der Waals surface area (Å²) >= 11 is 0. The van der Waals surface area contributed by atoms with E-state index in [-0.39, 0.29) is 6.04 Å². The maximum absolute atomic E-state index is 12.8. The fraction of sp³-hybridized carbons (Fsp3) is 0.385. The highest BCUT2D eigenvalue weighted by Crippen LogP contribution is 2.29. The number of rotatable bonds is 3. The molecular formula is C26H29NO3S. The number of benzene rings is 2. The molecule has 2 atom stereocenters. The smallest absolute Gasteiger partial charge is 0.408 e. The summed E-state index contributed by atoms with van der Waals surface area (Å²) in [4.78, 5) is 13.4. The van der Waals surface area contributed by atoms with Crippen LogP contribution in [0, 0.1) is 24.7 Å². The van der Waals surface area contributed by atoms with Gasteiger partial charge in [-0.15, -0.1) is 0 Å². The predicted octanol–water partition coefficient (Wildman–Crippen LogP) is 5.15. The quantitative estimate of drug-likeness (QED) is 0.422. The van der Waals surface area contributed by atoms with Crippen LogP contribution in [-0.2, 0) is 9.52 Å². The summed E-state index contributed by atoms with van der Waals surface area (Å²) in [5, 5.41) is 0. The van der Waals surface area contributed by atoms with Crippen LogP contribution in [0.5, 0.6) is 0 Å². The third kappa shape index (κ3) is 4.36. The average molecular weight is 436 g/mol. The SMILES string of the molecule is C=S(C)(=O)c1cc2oc(=O)n(C(C)c3ccccc3C#CC3CCCCC3)c2cc1C. The maximum Gasteiger partial charge on any atom is 0.420 e. The monoisotopic (exact) mass is 435 g/mol. The Morgan fingerprint density at radius 2 is 1.90 bits per heavy atom.